The lowest BCUT2D eigenvalue weighted by Crippen LogP contribution is -2.56. The molecule has 0 saturated heterocycles. The predicted molar refractivity (Wildman–Crippen MR) is 75.3 cm³/mol. The van der Waals surface area contributed by atoms with Gasteiger partial charge in [0.1, 0.15) is 16.8 Å². The van der Waals surface area contributed by atoms with Crippen LogP contribution in [-0.2, 0) is 0 Å². The van der Waals surface area contributed by atoms with Crippen molar-refractivity contribution in [1.29, 1.82) is 0 Å². The molecule has 0 spiro atoms. The Hall–Kier alpha value is -0.870. The van der Waals surface area contributed by atoms with Crippen LogP contribution in [0.15, 0.2) is 6.07 Å². The zero-order valence-electron chi connectivity index (χ0n) is 11.6. The highest BCUT2D eigenvalue weighted by Gasteiger charge is 2.40. The van der Waals surface area contributed by atoms with Gasteiger partial charge in [-0.3, -0.25) is 0 Å². The quantitative estimate of drug-likeness (QED) is 0.785. The van der Waals surface area contributed by atoms with Gasteiger partial charge in [0.2, 0.25) is 0 Å². The van der Waals surface area contributed by atoms with Crippen LogP contribution in [0.4, 0.5) is 5.82 Å². The summed E-state index contributed by atoms with van der Waals surface area (Å²) in [5.74, 6) is 1.62. The molecule has 0 N–H and O–H groups in total. The molecule has 0 bridgehead atoms. The van der Waals surface area contributed by atoms with Crippen molar-refractivity contribution >= 4 is 17.4 Å². The van der Waals surface area contributed by atoms with Gasteiger partial charge in [-0.1, -0.05) is 11.6 Å². The summed E-state index contributed by atoms with van der Waals surface area (Å²) >= 11 is 5.99. The zero-order valence-corrected chi connectivity index (χ0v) is 12.3. The molecule has 0 amide bonds. The van der Waals surface area contributed by atoms with E-state index in [4.69, 9.17) is 11.6 Å². The third kappa shape index (κ3) is 2.59. The van der Waals surface area contributed by atoms with Crippen molar-refractivity contribution in [3.05, 3.63) is 17.0 Å². The number of rotatable bonds is 4. The van der Waals surface area contributed by atoms with Crippen LogP contribution in [0.2, 0.25) is 5.15 Å². The maximum atomic E-state index is 5.99. The number of aromatic nitrogens is 2. The molecule has 1 aromatic rings. The summed E-state index contributed by atoms with van der Waals surface area (Å²) < 4.78 is 0. The van der Waals surface area contributed by atoms with Crippen LogP contribution in [0.1, 0.15) is 25.1 Å². The first-order valence-corrected chi connectivity index (χ1v) is 6.70. The topological polar surface area (TPSA) is 32.3 Å². The van der Waals surface area contributed by atoms with E-state index in [1.165, 1.54) is 19.3 Å². The molecule has 1 aliphatic rings. The summed E-state index contributed by atoms with van der Waals surface area (Å²) in [6.07, 6.45) is 3.82. The number of anilines is 1. The number of likely N-dealkylation sites (N-methyl/N-ethyl adjacent to an activating group) is 2. The molecule has 0 unspecified atom stereocenters. The van der Waals surface area contributed by atoms with Gasteiger partial charge in [0.25, 0.3) is 0 Å². The number of aryl methyl sites for hydroxylation is 1. The minimum atomic E-state index is 0.292. The first kappa shape index (κ1) is 13.6. The fourth-order valence-electron chi connectivity index (χ4n) is 2.57. The molecule has 100 valence electrons. The fraction of sp³-hybridized carbons (Fsp3) is 0.692. The van der Waals surface area contributed by atoms with Gasteiger partial charge >= 0.3 is 0 Å². The summed E-state index contributed by atoms with van der Waals surface area (Å²) in [6, 6.07) is 1.83. The summed E-state index contributed by atoms with van der Waals surface area (Å²) in [4.78, 5) is 13.1. The molecule has 1 fully saturated rings. The Morgan fingerprint density at radius 2 is 1.94 bits per heavy atom. The van der Waals surface area contributed by atoms with E-state index in [0.29, 0.717) is 10.7 Å². The van der Waals surface area contributed by atoms with Crippen LogP contribution in [0.3, 0.4) is 0 Å². The van der Waals surface area contributed by atoms with Gasteiger partial charge in [0, 0.05) is 25.2 Å². The SMILES string of the molecule is Cc1nc(Cl)cc(N(C)CC2(N(C)C)CCC2)n1. The lowest BCUT2D eigenvalue weighted by atomic mass is 9.75. The van der Waals surface area contributed by atoms with Crippen LogP contribution in [-0.4, -0.2) is 48.1 Å². The Morgan fingerprint density at radius 3 is 2.39 bits per heavy atom. The third-order valence-corrected chi connectivity index (χ3v) is 4.14. The van der Waals surface area contributed by atoms with Crippen molar-refractivity contribution in [2.24, 2.45) is 0 Å². The molecule has 2 rings (SSSR count). The maximum Gasteiger partial charge on any atom is 0.134 e. The Kier molecular flexibility index (Phi) is 3.78. The van der Waals surface area contributed by atoms with Gasteiger partial charge in [-0.15, -0.1) is 0 Å². The molecule has 0 radical (unpaired) electrons. The van der Waals surface area contributed by atoms with Crippen molar-refractivity contribution < 1.29 is 0 Å². The molecule has 18 heavy (non-hydrogen) atoms. The van der Waals surface area contributed by atoms with Crippen molar-refractivity contribution in [2.75, 3.05) is 32.6 Å². The lowest BCUT2D eigenvalue weighted by Gasteiger charge is -2.49. The normalized spacial score (nSPS) is 17.7. The number of nitrogens with zero attached hydrogens (tertiary/aromatic N) is 4. The van der Waals surface area contributed by atoms with E-state index >= 15 is 0 Å². The number of halogens is 1. The molecule has 1 heterocycles. The first-order chi connectivity index (χ1) is 8.43. The number of hydrogen-bond acceptors (Lipinski definition) is 4. The van der Waals surface area contributed by atoms with Crippen LogP contribution in [0, 0.1) is 6.92 Å². The van der Waals surface area contributed by atoms with Gasteiger partial charge in [0.15, 0.2) is 0 Å². The molecule has 0 atom stereocenters. The van der Waals surface area contributed by atoms with Crippen LogP contribution >= 0.6 is 11.6 Å². The standard InChI is InChI=1S/C13H21ClN4/c1-10-15-11(14)8-12(16-10)18(4)9-13(17(2)3)6-5-7-13/h8H,5-7,9H2,1-4H3. The minimum absolute atomic E-state index is 0.292. The summed E-state index contributed by atoms with van der Waals surface area (Å²) in [5.41, 5.74) is 0.292. The first-order valence-electron chi connectivity index (χ1n) is 6.33. The van der Waals surface area contributed by atoms with E-state index in [0.717, 1.165) is 18.2 Å². The highest BCUT2D eigenvalue weighted by Crippen LogP contribution is 2.37. The van der Waals surface area contributed by atoms with Crippen molar-refractivity contribution in [2.45, 2.75) is 31.7 Å². The fourth-order valence-corrected chi connectivity index (χ4v) is 2.79. The molecule has 5 heteroatoms. The Morgan fingerprint density at radius 1 is 1.28 bits per heavy atom. The summed E-state index contributed by atoms with van der Waals surface area (Å²) in [6.45, 7) is 2.85. The Balaban J connectivity index is 2.14. The van der Waals surface area contributed by atoms with Gasteiger partial charge in [0.05, 0.1) is 0 Å². The van der Waals surface area contributed by atoms with E-state index < -0.39 is 0 Å². The smallest absolute Gasteiger partial charge is 0.134 e. The van der Waals surface area contributed by atoms with E-state index in [9.17, 15) is 0 Å². The van der Waals surface area contributed by atoms with Crippen molar-refractivity contribution in [3.8, 4) is 0 Å². The summed E-state index contributed by atoms with van der Waals surface area (Å²) in [7, 11) is 6.39. The third-order valence-electron chi connectivity index (χ3n) is 3.95. The van der Waals surface area contributed by atoms with Gasteiger partial charge in [-0.05, 0) is 40.3 Å². The van der Waals surface area contributed by atoms with Gasteiger partial charge in [-0.25, -0.2) is 9.97 Å². The van der Waals surface area contributed by atoms with Crippen molar-refractivity contribution in [3.63, 3.8) is 0 Å². The molecule has 0 aliphatic heterocycles. The van der Waals surface area contributed by atoms with Crippen LogP contribution in [0.25, 0.3) is 0 Å². The zero-order chi connectivity index (χ0) is 13.3. The highest BCUT2D eigenvalue weighted by atomic mass is 35.5. The monoisotopic (exact) mass is 268 g/mol. The van der Waals surface area contributed by atoms with Crippen molar-refractivity contribution in [1.82, 2.24) is 14.9 Å². The average Bonchev–Trinajstić information content (AvgIpc) is 2.21. The predicted octanol–water partition coefficient (Wildman–Crippen LogP) is 2.36. The summed E-state index contributed by atoms with van der Waals surface area (Å²) in [5, 5.41) is 0.511. The highest BCUT2D eigenvalue weighted by molar-refractivity contribution is 6.29. The Labute approximate surface area is 114 Å². The second kappa shape index (κ2) is 5.02. The van der Waals surface area contributed by atoms with Gasteiger partial charge < -0.3 is 9.80 Å². The lowest BCUT2D eigenvalue weighted by molar-refractivity contribution is 0.0681. The minimum Gasteiger partial charge on any atom is -0.358 e. The van der Waals surface area contributed by atoms with E-state index in [1.807, 2.05) is 13.0 Å². The maximum absolute atomic E-state index is 5.99. The molecular weight excluding hydrogens is 248 g/mol. The molecule has 1 saturated carbocycles. The largest absolute Gasteiger partial charge is 0.358 e. The number of hydrogen-bond donors (Lipinski definition) is 0. The average molecular weight is 269 g/mol. The van der Waals surface area contributed by atoms with Crippen LogP contribution < -0.4 is 4.90 Å². The van der Waals surface area contributed by atoms with Crippen LogP contribution in [0.5, 0.6) is 0 Å². The molecule has 1 aromatic heterocycles. The molecule has 1 aliphatic carbocycles. The second-order valence-electron chi connectivity index (χ2n) is 5.42. The van der Waals surface area contributed by atoms with E-state index in [1.54, 1.807) is 0 Å². The Bertz CT molecular complexity index is 409. The second-order valence-corrected chi connectivity index (χ2v) is 5.81. The molecule has 4 nitrogen and oxygen atoms in total. The molecular formula is C13H21ClN4. The van der Waals surface area contributed by atoms with Gasteiger partial charge in [-0.2, -0.15) is 0 Å². The van der Waals surface area contributed by atoms with E-state index in [-0.39, 0.29) is 0 Å². The molecule has 0 aromatic carbocycles. The van der Waals surface area contributed by atoms with E-state index in [2.05, 4.69) is 40.9 Å².